The molecule has 1 rings (SSSR count). The van der Waals surface area contributed by atoms with E-state index < -0.39 is 0 Å². The van der Waals surface area contributed by atoms with Crippen LogP contribution in [0.1, 0.15) is 26.7 Å². The van der Waals surface area contributed by atoms with Gasteiger partial charge in [0.1, 0.15) is 0 Å². The molecule has 50 valence electrons. The monoisotopic (exact) mass is 122 g/mol. The zero-order valence-electron chi connectivity index (χ0n) is 6.28. The molecule has 1 atom stereocenters. The molecule has 1 aliphatic rings. The van der Waals surface area contributed by atoms with E-state index in [1.165, 1.54) is 12.0 Å². The van der Waals surface area contributed by atoms with E-state index in [1.807, 2.05) is 6.08 Å². The fraction of sp³-hybridized carbons (Fsp3) is 0.556. The maximum atomic E-state index is 3.77. The molecule has 0 aromatic rings. The van der Waals surface area contributed by atoms with Crippen LogP contribution in [0.3, 0.4) is 0 Å². The quantitative estimate of drug-likeness (QED) is 0.528. The van der Waals surface area contributed by atoms with Crippen molar-refractivity contribution in [1.82, 2.24) is 0 Å². The van der Waals surface area contributed by atoms with Gasteiger partial charge in [0.15, 0.2) is 0 Å². The van der Waals surface area contributed by atoms with Crippen LogP contribution < -0.4 is 0 Å². The number of allylic oxidation sites excluding steroid dienone is 3. The Bertz CT molecular complexity index is 151. The molecule has 0 heterocycles. The van der Waals surface area contributed by atoms with Gasteiger partial charge in [0.05, 0.1) is 0 Å². The van der Waals surface area contributed by atoms with Gasteiger partial charge < -0.3 is 0 Å². The van der Waals surface area contributed by atoms with Crippen molar-refractivity contribution >= 4 is 0 Å². The van der Waals surface area contributed by atoms with E-state index in [0.29, 0.717) is 0 Å². The Morgan fingerprint density at radius 2 is 2.44 bits per heavy atom. The SMILES string of the molecule is C=CC(CC)=C1CC1C. The molecule has 0 N–H and O–H groups in total. The summed E-state index contributed by atoms with van der Waals surface area (Å²) in [5.41, 5.74) is 3.11. The molecular formula is C9H14. The molecule has 0 saturated heterocycles. The number of rotatable bonds is 2. The van der Waals surface area contributed by atoms with Gasteiger partial charge in [0, 0.05) is 0 Å². The first-order valence-corrected chi connectivity index (χ1v) is 3.64. The van der Waals surface area contributed by atoms with E-state index in [2.05, 4.69) is 20.4 Å². The maximum Gasteiger partial charge on any atom is -0.0188 e. The van der Waals surface area contributed by atoms with Gasteiger partial charge in [-0.15, -0.1) is 0 Å². The van der Waals surface area contributed by atoms with Crippen molar-refractivity contribution in [3.8, 4) is 0 Å². The van der Waals surface area contributed by atoms with Gasteiger partial charge in [0.25, 0.3) is 0 Å². The minimum atomic E-state index is 0.859. The zero-order valence-corrected chi connectivity index (χ0v) is 6.28. The first kappa shape index (κ1) is 6.60. The Labute approximate surface area is 57.3 Å². The van der Waals surface area contributed by atoms with Crippen LogP contribution in [0, 0.1) is 5.92 Å². The predicted molar refractivity (Wildman–Crippen MR) is 41.3 cm³/mol. The van der Waals surface area contributed by atoms with Crippen LogP contribution >= 0.6 is 0 Å². The molecule has 1 fully saturated rings. The first-order chi connectivity index (χ1) is 4.29. The fourth-order valence-corrected chi connectivity index (χ4v) is 1.22. The third-order valence-electron chi connectivity index (χ3n) is 2.00. The summed E-state index contributed by atoms with van der Waals surface area (Å²) < 4.78 is 0. The minimum Gasteiger partial charge on any atom is -0.0988 e. The highest BCUT2D eigenvalue weighted by atomic mass is 14.3. The largest absolute Gasteiger partial charge is 0.0988 e. The lowest BCUT2D eigenvalue weighted by atomic mass is 10.2. The summed E-state index contributed by atoms with van der Waals surface area (Å²) in [7, 11) is 0. The molecule has 9 heavy (non-hydrogen) atoms. The molecule has 0 amide bonds. The predicted octanol–water partition coefficient (Wildman–Crippen LogP) is 2.92. The van der Waals surface area contributed by atoms with Gasteiger partial charge in [-0.1, -0.05) is 32.1 Å². The van der Waals surface area contributed by atoms with E-state index in [4.69, 9.17) is 0 Å². The van der Waals surface area contributed by atoms with Gasteiger partial charge in [-0.3, -0.25) is 0 Å². The molecular weight excluding hydrogens is 108 g/mol. The molecule has 0 aromatic carbocycles. The Hall–Kier alpha value is -0.520. The van der Waals surface area contributed by atoms with Crippen molar-refractivity contribution < 1.29 is 0 Å². The van der Waals surface area contributed by atoms with Crippen LogP contribution in [0.25, 0.3) is 0 Å². The summed E-state index contributed by atoms with van der Waals surface area (Å²) in [6, 6.07) is 0. The van der Waals surface area contributed by atoms with Crippen LogP contribution in [0.5, 0.6) is 0 Å². The van der Waals surface area contributed by atoms with Gasteiger partial charge in [0.2, 0.25) is 0 Å². The summed E-state index contributed by atoms with van der Waals surface area (Å²) in [6.45, 7) is 8.23. The lowest BCUT2D eigenvalue weighted by molar-refractivity contribution is 1.01. The van der Waals surface area contributed by atoms with E-state index >= 15 is 0 Å². The van der Waals surface area contributed by atoms with Crippen LogP contribution in [0.15, 0.2) is 23.8 Å². The molecule has 1 aliphatic carbocycles. The minimum absolute atomic E-state index is 0.859. The zero-order chi connectivity index (χ0) is 6.85. The van der Waals surface area contributed by atoms with Gasteiger partial charge in [-0.2, -0.15) is 0 Å². The van der Waals surface area contributed by atoms with E-state index in [-0.39, 0.29) is 0 Å². The van der Waals surface area contributed by atoms with Crippen molar-refractivity contribution in [3.63, 3.8) is 0 Å². The Morgan fingerprint density at radius 3 is 2.56 bits per heavy atom. The molecule has 0 aliphatic heterocycles. The van der Waals surface area contributed by atoms with E-state index in [1.54, 1.807) is 5.57 Å². The Kier molecular flexibility index (Phi) is 1.75. The third-order valence-corrected chi connectivity index (χ3v) is 2.00. The molecule has 0 aromatic heterocycles. The second-order valence-electron chi connectivity index (χ2n) is 2.71. The molecule has 1 saturated carbocycles. The van der Waals surface area contributed by atoms with Crippen LogP contribution in [0.2, 0.25) is 0 Å². The summed E-state index contributed by atoms with van der Waals surface area (Å²) in [4.78, 5) is 0. The molecule has 0 nitrogen and oxygen atoms in total. The summed E-state index contributed by atoms with van der Waals surface area (Å²) in [5.74, 6) is 0.859. The second kappa shape index (κ2) is 2.38. The highest BCUT2D eigenvalue weighted by Crippen LogP contribution is 2.40. The van der Waals surface area contributed by atoms with Crippen molar-refractivity contribution in [2.45, 2.75) is 26.7 Å². The average molecular weight is 122 g/mol. The highest BCUT2D eigenvalue weighted by molar-refractivity contribution is 5.34. The van der Waals surface area contributed by atoms with Gasteiger partial charge >= 0.3 is 0 Å². The molecule has 0 radical (unpaired) electrons. The van der Waals surface area contributed by atoms with Gasteiger partial charge in [-0.05, 0) is 24.3 Å². The van der Waals surface area contributed by atoms with Crippen molar-refractivity contribution in [3.05, 3.63) is 23.8 Å². The standard InChI is InChI=1S/C9H14/c1-4-8(5-2)9-6-7(9)3/h4,7H,1,5-6H2,2-3H3. The third kappa shape index (κ3) is 1.24. The molecule has 0 bridgehead atoms. The first-order valence-electron chi connectivity index (χ1n) is 3.64. The summed E-state index contributed by atoms with van der Waals surface area (Å²) >= 11 is 0. The molecule has 0 spiro atoms. The fourth-order valence-electron chi connectivity index (χ4n) is 1.22. The average Bonchev–Trinajstić information content (AvgIpc) is 2.51. The summed E-state index contributed by atoms with van der Waals surface area (Å²) in [5, 5.41) is 0. The Balaban J connectivity index is 2.66. The van der Waals surface area contributed by atoms with Crippen LogP contribution in [-0.4, -0.2) is 0 Å². The highest BCUT2D eigenvalue weighted by Gasteiger charge is 2.25. The lowest BCUT2D eigenvalue weighted by Gasteiger charge is -1.91. The topological polar surface area (TPSA) is 0 Å². The number of hydrogen-bond acceptors (Lipinski definition) is 0. The molecule has 0 heteroatoms. The van der Waals surface area contributed by atoms with Crippen LogP contribution in [-0.2, 0) is 0 Å². The smallest absolute Gasteiger partial charge is 0.0188 e. The van der Waals surface area contributed by atoms with Gasteiger partial charge in [-0.25, -0.2) is 0 Å². The van der Waals surface area contributed by atoms with Crippen LogP contribution in [0.4, 0.5) is 0 Å². The van der Waals surface area contributed by atoms with Crippen molar-refractivity contribution in [1.29, 1.82) is 0 Å². The lowest BCUT2D eigenvalue weighted by Crippen LogP contribution is -1.72. The molecule has 1 unspecified atom stereocenters. The second-order valence-corrected chi connectivity index (χ2v) is 2.71. The normalized spacial score (nSPS) is 29.8. The Morgan fingerprint density at radius 1 is 1.89 bits per heavy atom. The summed E-state index contributed by atoms with van der Waals surface area (Å²) in [6.07, 6.45) is 4.47. The maximum absolute atomic E-state index is 3.77. The number of hydrogen-bond donors (Lipinski definition) is 0. The van der Waals surface area contributed by atoms with Crippen molar-refractivity contribution in [2.75, 3.05) is 0 Å². The van der Waals surface area contributed by atoms with Crippen molar-refractivity contribution in [2.24, 2.45) is 5.92 Å². The van der Waals surface area contributed by atoms with E-state index in [9.17, 15) is 0 Å². The van der Waals surface area contributed by atoms with E-state index in [0.717, 1.165) is 12.3 Å².